The van der Waals surface area contributed by atoms with Crippen molar-refractivity contribution >= 4 is 23.6 Å². The Morgan fingerprint density at radius 1 is 0.943 bits per heavy atom. The molecule has 4 aliphatic heterocycles. The number of benzene rings is 1. The topological polar surface area (TPSA) is 134 Å². The van der Waals surface area contributed by atoms with Crippen LogP contribution in [0, 0.1) is 5.82 Å². The zero-order chi connectivity index (χ0) is 37.8. The van der Waals surface area contributed by atoms with E-state index in [0.29, 0.717) is 50.5 Å². The van der Waals surface area contributed by atoms with Gasteiger partial charge < -0.3 is 34.6 Å². The highest BCUT2D eigenvalue weighted by Crippen LogP contribution is 2.35. The molecule has 3 saturated heterocycles. The van der Waals surface area contributed by atoms with Crippen molar-refractivity contribution in [3.63, 3.8) is 0 Å². The molecule has 5 atom stereocenters. The Balaban J connectivity index is 1.25. The maximum absolute atomic E-state index is 14.5. The van der Waals surface area contributed by atoms with Crippen LogP contribution in [0.15, 0.2) is 30.3 Å². The summed E-state index contributed by atoms with van der Waals surface area (Å²) in [7, 11) is 2.11. The average molecular weight is 739 g/mol. The van der Waals surface area contributed by atoms with E-state index in [4.69, 9.17) is 14.5 Å². The normalized spacial score (nSPS) is 26.2. The molecule has 53 heavy (non-hydrogen) atoms. The largest absolute Gasteiger partial charge is 0.474 e. The van der Waals surface area contributed by atoms with Crippen molar-refractivity contribution in [1.82, 2.24) is 34.8 Å². The number of nitrogens with one attached hydrogen (secondary N) is 1. The number of aromatic nitrogens is 1. The zero-order valence-corrected chi connectivity index (χ0v) is 31.7. The fourth-order valence-corrected chi connectivity index (χ4v) is 7.96. The van der Waals surface area contributed by atoms with Gasteiger partial charge in [-0.1, -0.05) is 12.1 Å². The van der Waals surface area contributed by atoms with Gasteiger partial charge >= 0.3 is 6.09 Å². The Morgan fingerprint density at radius 3 is 2.32 bits per heavy atom. The van der Waals surface area contributed by atoms with Crippen LogP contribution in [-0.2, 0) is 16.0 Å². The number of amides is 3. The number of pyridine rings is 1. The van der Waals surface area contributed by atoms with Crippen LogP contribution < -0.4 is 15.0 Å². The standard InChI is InChI=1S/C38H55FN8O6/c1-25-18-44(32(20-46(25)38(50)51)19-45-26(2)22-52-23-27(45)3)21-34(48)47-28(4)24-53-37-33(47)17-30(16-29-6-8-31(39)9-7-29)35(41-37)36(49)40-10-11-43-14-12-42(5)13-15-43/h6-9,17,25-28,32H,10-16,18-24H2,1-5H3,(H,40,49)(H,50,51)/t25-,26-,27-,28?,32+/m1/s1. The Kier molecular flexibility index (Phi) is 12.5. The molecule has 0 spiro atoms. The third kappa shape index (κ3) is 9.26. The number of carbonyl (C=O) groups is 3. The van der Waals surface area contributed by atoms with Crippen molar-refractivity contribution in [1.29, 1.82) is 0 Å². The van der Waals surface area contributed by atoms with Crippen LogP contribution in [0.2, 0.25) is 0 Å². The van der Waals surface area contributed by atoms with Gasteiger partial charge in [0.1, 0.15) is 23.8 Å². The molecule has 5 heterocycles. The van der Waals surface area contributed by atoms with Gasteiger partial charge in [0.05, 0.1) is 25.8 Å². The quantitative estimate of drug-likeness (QED) is 0.371. The molecule has 0 aliphatic carbocycles. The fraction of sp³-hybridized carbons (Fsp3) is 0.632. The summed E-state index contributed by atoms with van der Waals surface area (Å²) < 4.78 is 25.7. The van der Waals surface area contributed by atoms with Gasteiger partial charge in [-0.3, -0.25) is 24.3 Å². The lowest BCUT2D eigenvalue weighted by Gasteiger charge is -2.48. The van der Waals surface area contributed by atoms with E-state index in [9.17, 15) is 23.9 Å². The molecule has 0 radical (unpaired) electrons. The Labute approximate surface area is 311 Å². The first kappa shape index (κ1) is 38.8. The van der Waals surface area contributed by atoms with Gasteiger partial charge in [0, 0.05) is 83.1 Å². The number of likely N-dealkylation sites (N-methyl/N-ethyl adjacent to an activating group) is 1. The summed E-state index contributed by atoms with van der Waals surface area (Å²) in [5, 5.41) is 13.0. The number of carboxylic acid groups (broad SMARTS) is 1. The number of rotatable bonds is 10. The molecule has 1 aromatic heterocycles. The fourth-order valence-electron chi connectivity index (χ4n) is 7.96. The monoisotopic (exact) mass is 738 g/mol. The molecule has 14 nitrogen and oxygen atoms in total. The van der Waals surface area contributed by atoms with Crippen LogP contribution >= 0.6 is 0 Å². The lowest BCUT2D eigenvalue weighted by atomic mass is 10.0. The number of halogens is 1. The second-order valence-corrected chi connectivity index (χ2v) is 15.2. The number of piperazine rings is 2. The van der Waals surface area contributed by atoms with E-state index in [2.05, 4.69) is 45.8 Å². The minimum Gasteiger partial charge on any atom is -0.474 e. The lowest BCUT2D eigenvalue weighted by Crippen LogP contribution is -2.65. The summed E-state index contributed by atoms with van der Waals surface area (Å²) in [5.74, 6) is -0.642. The minimum absolute atomic E-state index is 0.0706. The van der Waals surface area contributed by atoms with Gasteiger partial charge in [0.25, 0.3) is 5.91 Å². The highest BCUT2D eigenvalue weighted by atomic mass is 19.1. The number of morpholine rings is 1. The van der Waals surface area contributed by atoms with Crippen LogP contribution in [0.25, 0.3) is 0 Å². The molecule has 6 rings (SSSR count). The number of ether oxygens (including phenoxy) is 2. The first-order valence-electron chi connectivity index (χ1n) is 18.9. The molecule has 2 aromatic rings. The highest BCUT2D eigenvalue weighted by molar-refractivity contribution is 5.99. The van der Waals surface area contributed by atoms with Gasteiger partial charge in [-0.25, -0.2) is 14.2 Å². The molecule has 290 valence electrons. The van der Waals surface area contributed by atoms with Crippen molar-refractivity contribution in [2.24, 2.45) is 0 Å². The molecule has 4 aliphatic rings. The summed E-state index contributed by atoms with van der Waals surface area (Å²) in [5.41, 5.74) is 2.08. The van der Waals surface area contributed by atoms with E-state index >= 15 is 0 Å². The average Bonchev–Trinajstić information content (AvgIpc) is 3.12. The van der Waals surface area contributed by atoms with Crippen LogP contribution in [-0.4, -0.2) is 175 Å². The number of hydrogen-bond donors (Lipinski definition) is 2. The third-order valence-electron chi connectivity index (χ3n) is 11.1. The van der Waals surface area contributed by atoms with E-state index in [1.54, 1.807) is 17.0 Å². The highest BCUT2D eigenvalue weighted by Gasteiger charge is 2.40. The summed E-state index contributed by atoms with van der Waals surface area (Å²) in [6.45, 7) is 15.8. The van der Waals surface area contributed by atoms with Crippen LogP contribution in [0.4, 0.5) is 14.9 Å². The van der Waals surface area contributed by atoms with E-state index in [-0.39, 0.29) is 79.1 Å². The number of nitrogens with zero attached hydrogens (tertiary/aromatic N) is 7. The van der Waals surface area contributed by atoms with E-state index in [0.717, 1.165) is 38.3 Å². The zero-order valence-electron chi connectivity index (χ0n) is 31.7. The molecule has 0 saturated carbocycles. The minimum atomic E-state index is -0.966. The molecular formula is C38H55FN8O6. The second-order valence-electron chi connectivity index (χ2n) is 15.2. The molecular weight excluding hydrogens is 683 g/mol. The van der Waals surface area contributed by atoms with E-state index < -0.39 is 6.09 Å². The van der Waals surface area contributed by atoms with Gasteiger partial charge in [-0.2, -0.15) is 0 Å². The van der Waals surface area contributed by atoms with Gasteiger partial charge in [0.2, 0.25) is 11.8 Å². The molecule has 1 unspecified atom stereocenters. The van der Waals surface area contributed by atoms with Crippen molar-refractivity contribution in [3.05, 3.63) is 53.0 Å². The second kappa shape index (κ2) is 17.1. The third-order valence-corrected chi connectivity index (χ3v) is 11.1. The number of anilines is 1. The SMILES string of the molecule is CC1COc2nc(C(=O)NCCN3CCN(C)CC3)c(Cc3ccc(F)cc3)cc2N1C(=O)CN1C[C@@H](C)N(C(=O)O)C[C@@H]1CN1[C@H](C)COC[C@H]1C. The predicted molar refractivity (Wildman–Crippen MR) is 198 cm³/mol. The predicted octanol–water partition coefficient (Wildman–Crippen LogP) is 2.06. The first-order chi connectivity index (χ1) is 25.4. The molecule has 0 bridgehead atoms. The Morgan fingerprint density at radius 2 is 1.64 bits per heavy atom. The maximum Gasteiger partial charge on any atom is 0.407 e. The summed E-state index contributed by atoms with van der Waals surface area (Å²) in [6, 6.07) is 7.42. The maximum atomic E-state index is 14.5. The molecule has 1 aromatic carbocycles. The van der Waals surface area contributed by atoms with Crippen LogP contribution in [0.3, 0.4) is 0 Å². The Hall–Kier alpha value is -3.89. The molecule has 15 heteroatoms. The number of carbonyl (C=O) groups excluding carboxylic acids is 2. The number of hydrogen-bond acceptors (Lipinski definition) is 10. The van der Waals surface area contributed by atoms with Gasteiger partial charge in [-0.15, -0.1) is 0 Å². The van der Waals surface area contributed by atoms with E-state index in [1.807, 2.05) is 19.9 Å². The summed E-state index contributed by atoms with van der Waals surface area (Å²) in [4.78, 5) is 57.4. The van der Waals surface area contributed by atoms with Crippen molar-refractivity contribution < 1.29 is 33.4 Å². The van der Waals surface area contributed by atoms with Gasteiger partial charge in [0.15, 0.2) is 0 Å². The van der Waals surface area contributed by atoms with Crippen LogP contribution in [0.5, 0.6) is 5.88 Å². The van der Waals surface area contributed by atoms with Gasteiger partial charge in [-0.05, 0) is 70.5 Å². The smallest absolute Gasteiger partial charge is 0.407 e. The van der Waals surface area contributed by atoms with Crippen molar-refractivity contribution in [3.8, 4) is 5.88 Å². The van der Waals surface area contributed by atoms with Crippen molar-refractivity contribution in [2.45, 2.75) is 64.3 Å². The number of fused-ring (bicyclic) bond motifs is 1. The first-order valence-corrected chi connectivity index (χ1v) is 18.9. The molecule has 3 fully saturated rings. The lowest BCUT2D eigenvalue weighted by molar-refractivity contribution is -0.122. The summed E-state index contributed by atoms with van der Waals surface area (Å²) in [6.07, 6.45) is -0.670. The van der Waals surface area contributed by atoms with Crippen molar-refractivity contribution in [2.75, 3.05) is 97.2 Å². The van der Waals surface area contributed by atoms with Crippen LogP contribution in [0.1, 0.15) is 49.3 Å². The molecule has 2 N–H and O–H groups in total. The molecule has 3 amide bonds. The van der Waals surface area contributed by atoms with E-state index in [1.165, 1.54) is 17.0 Å². The summed E-state index contributed by atoms with van der Waals surface area (Å²) >= 11 is 0. The Bertz CT molecular complexity index is 1600.